The van der Waals surface area contributed by atoms with Crippen LogP contribution in [0.1, 0.15) is 51.9 Å². The Bertz CT molecular complexity index is 808. The molecule has 4 aliphatic carbocycles. The summed E-state index contributed by atoms with van der Waals surface area (Å²) in [5, 5.41) is 0. The Kier molecular flexibility index (Phi) is 5.37. The van der Waals surface area contributed by atoms with Crippen LogP contribution in [-0.4, -0.2) is 51.9 Å². The molecular formula is C24H34O7. The Morgan fingerprint density at radius 2 is 1.90 bits per heavy atom. The number of fused-ring (bicyclic) bond motifs is 3. The topological polar surface area (TPSA) is 88.1 Å². The predicted octanol–water partition coefficient (Wildman–Crippen LogP) is 3.06. The van der Waals surface area contributed by atoms with Crippen molar-refractivity contribution >= 4 is 18.2 Å². The zero-order valence-corrected chi connectivity index (χ0v) is 19.0. The van der Waals surface area contributed by atoms with Gasteiger partial charge in [-0.05, 0) is 62.4 Å². The van der Waals surface area contributed by atoms with E-state index in [0.29, 0.717) is 25.7 Å². The van der Waals surface area contributed by atoms with Gasteiger partial charge < -0.3 is 23.7 Å². The average Bonchev–Trinajstić information content (AvgIpc) is 3.16. The van der Waals surface area contributed by atoms with Crippen molar-refractivity contribution in [1.82, 2.24) is 0 Å². The maximum absolute atomic E-state index is 13.4. The van der Waals surface area contributed by atoms with Crippen molar-refractivity contribution in [3.8, 4) is 0 Å². The quantitative estimate of drug-likeness (QED) is 0.275. The van der Waals surface area contributed by atoms with Gasteiger partial charge in [-0.15, -0.1) is 0 Å². The van der Waals surface area contributed by atoms with E-state index >= 15 is 0 Å². The Morgan fingerprint density at radius 3 is 2.52 bits per heavy atom. The molecule has 7 nitrogen and oxygen atoms in total. The molecule has 172 valence electrons. The second kappa shape index (κ2) is 7.41. The highest BCUT2D eigenvalue weighted by Crippen LogP contribution is 2.78. The van der Waals surface area contributed by atoms with Crippen molar-refractivity contribution < 1.29 is 33.3 Å². The van der Waals surface area contributed by atoms with E-state index in [-0.39, 0.29) is 24.6 Å². The summed E-state index contributed by atoms with van der Waals surface area (Å²) in [5.74, 6) is -1.81. The van der Waals surface area contributed by atoms with Gasteiger partial charge in [0.05, 0.1) is 31.2 Å². The van der Waals surface area contributed by atoms with E-state index in [1.807, 2.05) is 6.92 Å². The van der Waals surface area contributed by atoms with E-state index in [9.17, 15) is 14.4 Å². The zero-order valence-electron chi connectivity index (χ0n) is 19.0. The minimum atomic E-state index is -0.932. The van der Waals surface area contributed by atoms with Gasteiger partial charge in [-0.2, -0.15) is 0 Å². The van der Waals surface area contributed by atoms with E-state index in [1.165, 1.54) is 14.2 Å². The van der Waals surface area contributed by atoms with Crippen molar-refractivity contribution in [2.75, 3.05) is 28.1 Å². The van der Waals surface area contributed by atoms with E-state index in [4.69, 9.17) is 18.9 Å². The molecule has 0 aromatic carbocycles. The lowest BCUT2D eigenvalue weighted by molar-refractivity contribution is -0.171. The third-order valence-electron chi connectivity index (χ3n) is 9.28. The molecule has 31 heavy (non-hydrogen) atoms. The van der Waals surface area contributed by atoms with Crippen LogP contribution in [0.15, 0.2) is 12.2 Å². The molecule has 2 bridgehead atoms. The molecule has 0 amide bonds. The van der Waals surface area contributed by atoms with Gasteiger partial charge >= 0.3 is 11.9 Å². The minimum absolute atomic E-state index is 0.0330. The first kappa shape index (κ1) is 22.5. The summed E-state index contributed by atoms with van der Waals surface area (Å²) in [6, 6.07) is 0. The largest absolute Gasteiger partial charge is 0.469 e. The van der Waals surface area contributed by atoms with Gasteiger partial charge in [-0.25, -0.2) is 0 Å². The lowest BCUT2D eigenvalue weighted by Crippen LogP contribution is -2.52. The summed E-state index contributed by atoms with van der Waals surface area (Å²) >= 11 is 0. The van der Waals surface area contributed by atoms with Crippen molar-refractivity contribution in [2.24, 2.45) is 34.0 Å². The van der Waals surface area contributed by atoms with Crippen LogP contribution in [0.4, 0.5) is 0 Å². The number of esters is 2. The first-order valence-electron chi connectivity index (χ1n) is 11.1. The smallest absolute Gasteiger partial charge is 0.311 e. The molecule has 4 aliphatic rings. The zero-order chi connectivity index (χ0) is 22.7. The van der Waals surface area contributed by atoms with Crippen LogP contribution >= 0.6 is 0 Å². The van der Waals surface area contributed by atoms with Gasteiger partial charge in [-0.3, -0.25) is 9.59 Å². The van der Waals surface area contributed by atoms with Crippen molar-refractivity contribution in [1.29, 1.82) is 0 Å². The normalized spacial score (nSPS) is 45.5. The number of carbonyl (C=O) groups is 3. The SMILES string of the molecule is C=C1C[C@]23C[C@@]1(OCOC)CC[C@H]2[C@]1(C=O)CCC[C@@](C)(C(=O)OC)[C@H]1[C@@H]3C(=O)OC. The lowest BCUT2D eigenvalue weighted by Gasteiger charge is -2.50. The summed E-state index contributed by atoms with van der Waals surface area (Å²) in [6.07, 6.45) is 5.70. The number of aldehydes is 1. The van der Waals surface area contributed by atoms with E-state index in [2.05, 4.69) is 6.58 Å². The Balaban J connectivity index is 1.91. The second-order valence-corrected chi connectivity index (χ2v) is 10.3. The molecule has 1 spiro atoms. The van der Waals surface area contributed by atoms with Crippen molar-refractivity contribution in [3.05, 3.63) is 12.2 Å². The van der Waals surface area contributed by atoms with Gasteiger partial charge in [0.25, 0.3) is 0 Å². The van der Waals surface area contributed by atoms with Crippen molar-refractivity contribution in [2.45, 2.75) is 57.5 Å². The van der Waals surface area contributed by atoms with Crippen LogP contribution in [-0.2, 0) is 33.3 Å². The fourth-order valence-electron chi connectivity index (χ4n) is 8.33. The van der Waals surface area contributed by atoms with Crippen LogP contribution in [0.25, 0.3) is 0 Å². The fourth-order valence-corrected chi connectivity index (χ4v) is 8.33. The second-order valence-electron chi connectivity index (χ2n) is 10.3. The fraction of sp³-hybridized carbons (Fsp3) is 0.792. The van der Waals surface area contributed by atoms with Crippen LogP contribution in [0, 0.1) is 34.0 Å². The number of rotatable bonds is 6. The highest BCUT2D eigenvalue weighted by atomic mass is 16.7. The van der Waals surface area contributed by atoms with Gasteiger partial charge in [0.15, 0.2) is 0 Å². The highest BCUT2D eigenvalue weighted by molar-refractivity contribution is 5.84. The van der Waals surface area contributed by atoms with E-state index in [1.54, 1.807) is 7.11 Å². The Hall–Kier alpha value is -1.73. The van der Waals surface area contributed by atoms with E-state index in [0.717, 1.165) is 31.1 Å². The molecule has 0 radical (unpaired) electrons. The highest BCUT2D eigenvalue weighted by Gasteiger charge is 2.79. The van der Waals surface area contributed by atoms with Crippen molar-refractivity contribution in [3.63, 3.8) is 0 Å². The third kappa shape index (κ3) is 2.68. The third-order valence-corrected chi connectivity index (χ3v) is 9.28. The van der Waals surface area contributed by atoms with Gasteiger partial charge in [0.1, 0.15) is 13.1 Å². The molecule has 4 saturated carbocycles. The number of hydrogen-bond donors (Lipinski definition) is 0. The molecule has 0 aliphatic heterocycles. The summed E-state index contributed by atoms with van der Waals surface area (Å²) in [6.45, 7) is 6.35. The molecule has 0 aromatic rings. The first-order valence-corrected chi connectivity index (χ1v) is 11.1. The molecule has 7 atom stereocenters. The summed E-state index contributed by atoms with van der Waals surface area (Å²) in [4.78, 5) is 39.4. The monoisotopic (exact) mass is 434 g/mol. The van der Waals surface area contributed by atoms with Gasteiger partial charge in [-0.1, -0.05) is 13.0 Å². The average molecular weight is 435 g/mol. The molecule has 0 saturated heterocycles. The van der Waals surface area contributed by atoms with Gasteiger partial charge in [0.2, 0.25) is 0 Å². The number of carbonyl (C=O) groups excluding carboxylic acids is 3. The number of ether oxygens (including phenoxy) is 4. The molecule has 7 heteroatoms. The summed E-state index contributed by atoms with van der Waals surface area (Å²) in [5.41, 5.74) is -1.85. The minimum Gasteiger partial charge on any atom is -0.469 e. The first-order chi connectivity index (χ1) is 14.7. The lowest BCUT2D eigenvalue weighted by atomic mass is 9.53. The molecule has 4 rings (SSSR count). The Labute approximate surface area is 183 Å². The molecule has 0 unspecified atom stereocenters. The maximum atomic E-state index is 13.4. The summed E-state index contributed by atoms with van der Waals surface area (Å²) < 4.78 is 21.9. The summed E-state index contributed by atoms with van der Waals surface area (Å²) in [7, 11) is 4.34. The van der Waals surface area contributed by atoms with E-state index < -0.39 is 33.7 Å². The molecule has 4 fully saturated rings. The Morgan fingerprint density at radius 1 is 1.16 bits per heavy atom. The van der Waals surface area contributed by atoms with Crippen LogP contribution in [0.5, 0.6) is 0 Å². The standard InChI is InChI=1S/C24H34O7/c1-15-11-23-12-24(15,31-14-28-3)10-7-16(23)22(13-25)9-6-8-21(2,20(27)30-5)18(22)17(23)19(26)29-4/h13,16-18H,1,6-12,14H2,2-5H3/t16-,17+,18+,21+,22+,23-,24-/m0/s1. The molecule has 0 aromatic heterocycles. The van der Waals surface area contributed by atoms with Crippen LogP contribution < -0.4 is 0 Å². The number of methoxy groups -OCH3 is 3. The predicted molar refractivity (Wildman–Crippen MR) is 111 cm³/mol. The van der Waals surface area contributed by atoms with Crippen LogP contribution in [0.3, 0.4) is 0 Å². The molecule has 0 heterocycles. The maximum Gasteiger partial charge on any atom is 0.311 e. The molecule has 0 N–H and O–H groups in total. The molecular weight excluding hydrogens is 400 g/mol. The number of hydrogen-bond acceptors (Lipinski definition) is 7. The van der Waals surface area contributed by atoms with Crippen LogP contribution in [0.2, 0.25) is 0 Å². The van der Waals surface area contributed by atoms with Gasteiger partial charge in [0, 0.05) is 18.4 Å².